The van der Waals surface area contributed by atoms with Crippen molar-refractivity contribution < 1.29 is 19.5 Å². The molecule has 2 aromatic heterocycles. The van der Waals surface area contributed by atoms with Crippen LogP contribution < -0.4 is 16.8 Å². The lowest BCUT2D eigenvalue weighted by Gasteiger charge is -2.49. The number of aliphatic carboxylic acids is 1. The van der Waals surface area contributed by atoms with E-state index in [1.807, 2.05) is 0 Å². The third-order valence-corrected chi connectivity index (χ3v) is 6.90. The Morgan fingerprint density at radius 2 is 2.15 bits per heavy atom. The lowest BCUT2D eigenvalue weighted by molar-refractivity contribution is -0.150. The minimum atomic E-state index is -1.47. The zero-order valence-electron chi connectivity index (χ0n) is 16.6. The van der Waals surface area contributed by atoms with Gasteiger partial charge in [0.2, 0.25) is 6.04 Å². The van der Waals surface area contributed by atoms with Crippen LogP contribution in [0.15, 0.2) is 40.4 Å². The van der Waals surface area contributed by atoms with Gasteiger partial charge in [-0.1, -0.05) is 6.08 Å². The number of nitrogen functional groups attached to an aromatic ring is 2. The Morgan fingerprint density at radius 1 is 1.36 bits per heavy atom. The lowest BCUT2D eigenvalue weighted by Crippen LogP contribution is -2.70. The number of nitrogens with two attached hydrogens (primary N) is 2. The average Bonchev–Trinajstić information content (AvgIpc) is 3.22. The highest BCUT2D eigenvalue weighted by Crippen LogP contribution is 2.41. The Balaban J connectivity index is 1.53. The number of anilines is 2. The van der Waals surface area contributed by atoms with Gasteiger partial charge >= 0.3 is 5.97 Å². The van der Waals surface area contributed by atoms with Crippen molar-refractivity contribution in [2.75, 3.05) is 17.2 Å². The molecule has 2 aromatic rings. The Bertz CT molecular complexity index is 1210. The summed E-state index contributed by atoms with van der Waals surface area (Å²) in [5.41, 5.74) is 12.1. The second-order valence-electron chi connectivity index (χ2n) is 6.89. The maximum absolute atomic E-state index is 12.8. The molecule has 4 heterocycles. The van der Waals surface area contributed by atoms with Gasteiger partial charge in [0.15, 0.2) is 5.13 Å². The molecule has 3 atom stereocenters. The second kappa shape index (κ2) is 8.95. The number of amides is 2. The highest BCUT2D eigenvalue weighted by atomic mass is 32.2. The maximum atomic E-state index is 12.8. The largest absolute Gasteiger partial charge is 0.477 e. The van der Waals surface area contributed by atoms with E-state index in [0.29, 0.717) is 11.1 Å². The number of nitrogens with one attached hydrogen (secondary N) is 1. The van der Waals surface area contributed by atoms with Gasteiger partial charge in [-0.2, -0.15) is 0 Å². The van der Waals surface area contributed by atoms with Crippen LogP contribution in [0.25, 0.3) is 6.08 Å². The summed E-state index contributed by atoms with van der Waals surface area (Å²) in [6.45, 7) is 0. The van der Waals surface area contributed by atoms with Crippen molar-refractivity contribution in [3.8, 4) is 0 Å². The first kappa shape index (κ1) is 22.3. The van der Waals surface area contributed by atoms with E-state index < -0.39 is 35.2 Å². The number of carbonyl (C=O) groups is 3. The van der Waals surface area contributed by atoms with Crippen molar-refractivity contribution in [3.63, 3.8) is 0 Å². The minimum Gasteiger partial charge on any atom is -0.477 e. The number of thiazole rings is 1. The standard InChI is InChI=1S/C18H16N8O5S2/c19-13-7(3-21-6-22-13)1-2-8-4-32-16-11(15(28)26(16)12(8)17(29)30)24-14(27)10(25-31)9-5-33-18(20)23-9/h1-3,5-6,10-11,16H,4H2,(H2,20,23)(H,24,27)(H,29,30)(H2,19,21,22)/t10?,11-,16+/m1/s1. The molecule has 1 saturated heterocycles. The van der Waals surface area contributed by atoms with Crippen LogP contribution in [-0.4, -0.2) is 59.9 Å². The molecule has 0 saturated carbocycles. The topological polar surface area (TPSA) is 207 Å². The first-order valence-electron chi connectivity index (χ1n) is 9.30. The maximum Gasteiger partial charge on any atom is 0.352 e. The number of carbonyl (C=O) groups excluding carboxylic acids is 2. The number of nitrogens with zero attached hydrogens (tertiary/aromatic N) is 5. The van der Waals surface area contributed by atoms with E-state index in [2.05, 4.69) is 25.4 Å². The molecule has 33 heavy (non-hydrogen) atoms. The fourth-order valence-electron chi connectivity index (χ4n) is 3.33. The molecule has 2 amide bonds. The molecule has 1 unspecified atom stereocenters. The molecule has 13 nitrogen and oxygen atoms in total. The quantitative estimate of drug-likeness (QED) is 0.309. The van der Waals surface area contributed by atoms with E-state index >= 15 is 0 Å². The zero-order valence-corrected chi connectivity index (χ0v) is 18.2. The summed E-state index contributed by atoms with van der Waals surface area (Å²) in [6, 6.07) is -2.48. The van der Waals surface area contributed by atoms with E-state index in [0.717, 1.165) is 16.2 Å². The predicted molar refractivity (Wildman–Crippen MR) is 120 cm³/mol. The number of allylic oxidation sites excluding steroid dienone is 1. The average molecular weight is 489 g/mol. The van der Waals surface area contributed by atoms with Crippen LogP contribution in [0.4, 0.5) is 10.9 Å². The summed E-state index contributed by atoms with van der Waals surface area (Å²) in [7, 11) is 0. The molecule has 0 spiro atoms. The number of rotatable bonds is 7. The SMILES string of the molecule is Nc1nc(C(N=O)C(=O)N[C@@H]2C(=O)N3C(C(=O)O)=C(C=Cc4cncnc4N)CS[C@@H]23)cs1. The number of β-lactam (4-membered cyclic amide) rings is 1. The minimum absolute atomic E-state index is 0.0765. The van der Waals surface area contributed by atoms with Gasteiger partial charge in [-0.25, -0.2) is 19.7 Å². The molecule has 0 aromatic carbocycles. The van der Waals surface area contributed by atoms with Crippen LogP contribution >= 0.6 is 23.1 Å². The van der Waals surface area contributed by atoms with E-state index in [9.17, 15) is 24.4 Å². The van der Waals surface area contributed by atoms with Gasteiger partial charge in [-0.15, -0.1) is 28.0 Å². The van der Waals surface area contributed by atoms with Gasteiger partial charge in [0, 0.05) is 22.9 Å². The molecular weight excluding hydrogens is 472 g/mol. The predicted octanol–water partition coefficient (Wildman–Crippen LogP) is 0.357. The summed E-state index contributed by atoms with van der Waals surface area (Å²) in [5, 5.41) is 16.0. The third kappa shape index (κ3) is 4.14. The fraction of sp³-hybridized carbons (Fsp3) is 0.222. The molecule has 15 heteroatoms. The van der Waals surface area contributed by atoms with Gasteiger partial charge in [0.1, 0.15) is 29.3 Å². The molecule has 170 valence electrons. The molecular formula is C18H16N8O5S2. The summed E-state index contributed by atoms with van der Waals surface area (Å²) in [6.07, 6.45) is 5.88. The van der Waals surface area contributed by atoms with E-state index in [4.69, 9.17) is 11.5 Å². The van der Waals surface area contributed by atoms with E-state index in [1.54, 1.807) is 12.2 Å². The number of fused-ring (bicyclic) bond motifs is 1. The first-order chi connectivity index (χ1) is 15.8. The van der Waals surface area contributed by atoms with Gasteiger partial charge in [-0.05, 0) is 16.8 Å². The molecule has 0 aliphatic carbocycles. The first-order valence-corrected chi connectivity index (χ1v) is 11.2. The Hall–Kier alpha value is -3.85. The van der Waals surface area contributed by atoms with Crippen LogP contribution in [0.3, 0.4) is 0 Å². The number of aromatic nitrogens is 3. The molecule has 0 bridgehead atoms. The third-order valence-electron chi connectivity index (χ3n) is 4.91. The summed E-state index contributed by atoms with van der Waals surface area (Å²) in [5.74, 6) is -2.25. The molecule has 0 radical (unpaired) electrons. The van der Waals surface area contributed by atoms with Crippen molar-refractivity contribution in [2.45, 2.75) is 17.5 Å². The van der Waals surface area contributed by atoms with Crippen LogP contribution in [0.5, 0.6) is 0 Å². The lowest BCUT2D eigenvalue weighted by atomic mass is 10.0. The normalized spacial score (nSPS) is 20.8. The zero-order chi connectivity index (χ0) is 23.7. The molecule has 6 N–H and O–H groups in total. The Kier molecular flexibility index (Phi) is 6.06. The van der Waals surface area contributed by atoms with Crippen molar-refractivity contribution in [2.24, 2.45) is 5.18 Å². The van der Waals surface area contributed by atoms with Crippen LogP contribution in [0, 0.1) is 4.91 Å². The molecule has 2 aliphatic rings. The number of carboxylic acids is 1. The Morgan fingerprint density at radius 3 is 2.79 bits per heavy atom. The highest BCUT2D eigenvalue weighted by molar-refractivity contribution is 8.00. The van der Waals surface area contributed by atoms with Gasteiger partial charge in [0.05, 0.1) is 5.69 Å². The number of hydrogen-bond acceptors (Lipinski definition) is 12. The molecule has 2 aliphatic heterocycles. The fourth-order valence-corrected chi connectivity index (χ4v) is 5.23. The van der Waals surface area contributed by atoms with Crippen molar-refractivity contribution in [1.29, 1.82) is 0 Å². The highest BCUT2D eigenvalue weighted by Gasteiger charge is 2.54. The summed E-state index contributed by atoms with van der Waals surface area (Å²) in [4.78, 5) is 61.2. The van der Waals surface area contributed by atoms with E-state index in [1.165, 1.54) is 29.7 Å². The van der Waals surface area contributed by atoms with Gasteiger partial charge in [-0.3, -0.25) is 14.5 Å². The Labute approximate surface area is 193 Å². The number of carboxylic acid groups (broad SMARTS) is 1. The molecule has 1 fully saturated rings. The number of hydrogen-bond donors (Lipinski definition) is 4. The van der Waals surface area contributed by atoms with Crippen molar-refractivity contribution in [1.82, 2.24) is 25.2 Å². The van der Waals surface area contributed by atoms with Gasteiger partial charge < -0.3 is 21.9 Å². The van der Waals surface area contributed by atoms with Crippen LogP contribution in [-0.2, 0) is 14.4 Å². The van der Waals surface area contributed by atoms with Gasteiger partial charge in [0.25, 0.3) is 11.8 Å². The molecule has 4 rings (SSSR count). The van der Waals surface area contributed by atoms with E-state index in [-0.39, 0.29) is 28.1 Å². The van der Waals surface area contributed by atoms with Crippen LogP contribution in [0.1, 0.15) is 17.3 Å². The smallest absolute Gasteiger partial charge is 0.352 e. The summed E-state index contributed by atoms with van der Waals surface area (Å²) < 4.78 is 0. The van der Waals surface area contributed by atoms with Crippen LogP contribution in [0.2, 0.25) is 0 Å². The monoisotopic (exact) mass is 488 g/mol. The summed E-state index contributed by atoms with van der Waals surface area (Å²) >= 11 is 2.31. The second-order valence-corrected chi connectivity index (χ2v) is 8.88. The number of thioether (sulfide) groups is 1. The number of nitroso groups, excluding NO2 is 1. The van der Waals surface area contributed by atoms with Crippen molar-refractivity contribution in [3.05, 3.63) is 51.4 Å². The van der Waals surface area contributed by atoms with Crippen molar-refractivity contribution >= 4 is 57.9 Å².